The Morgan fingerprint density at radius 1 is 0.454 bits per heavy atom. The molecule has 548 valence electrons. The average molecular weight is 1660 g/mol. The van der Waals surface area contributed by atoms with Crippen molar-refractivity contribution in [3.8, 4) is 90.5 Å². The standard InChI is InChI=1S/C23H21N3O2.C21H17N3O2.C15H12BrN3.C8H11BO4.C8H6Br2O.C8H10N2S/c1-27-19-12-13-20(22(14-19)28-2)16-8-10-17(11-9-16)21-15-23(26-25-21)24-18-6-4-3-5-7-18;25-17-10-11-18(20(26)12-17)14-6-8-15(9-7-14)19-13-21(24-23-19)22-16-4-2-1-3-5-16;16-12-8-6-11(7-9-12)14-10-15(19-18-14)17-13-4-2-1-3-5-13;1-12-6-3-4-7(9(10)11)8(5-6)13-2;9-5-8(11)6-1-3-7(10)4-2-6;9-10-8(11)6-7-4-2-1-3-5-7/h3-15H,1-2H3,(H2,24,25,26);1-13,25-26H,(H2,22,23,24);1-10H,(H2,17,18,19);3-5,10-11H,1-2H3;1-4H,5H2;1-5H,6,9H2,(H,10,11). The summed E-state index contributed by atoms with van der Waals surface area (Å²) in [6.45, 7) is 0. The van der Waals surface area contributed by atoms with Crippen LogP contribution < -0.4 is 51.6 Å². The van der Waals surface area contributed by atoms with Crippen molar-refractivity contribution in [3.05, 3.63) is 311 Å². The van der Waals surface area contributed by atoms with E-state index in [4.69, 9.17) is 47.1 Å². The first-order chi connectivity index (χ1) is 52.5. The number of carbonyl (C=O) groups is 1. The summed E-state index contributed by atoms with van der Waals surface area (Å²) >= 11 is 14.7. The number of aromatic hydroxyl groups is 2. The molecule has 0 bridgehead atoms. The van der Waals surface area contributed by atoms with Crippen LogP contribution in [-0.4, -0.2) is 103 Å². The highest BCUT2D eigenvalue weighted by Gasteiger charge is 2.18. The number of ketones is 1. The minimum Gasteiger partial charge on any atom is -0.508 e. The van der Waals surface area contributed by atoms with Gasteiger partial charge in [0.25, 0.3) is 0 Å². The highest BCUT2D eigenvalue weighted by Crippen LogP contribution is 2.36. The molecule has 3 heterocycles. The number of nitrogens with zero attached hydrogens (tertiary/aromatic N) is 3. The molecular formula is C83H77BBr3N11O9S. The van der Waals surface area contributed by atoms with Gasteiger partial charge in [-0.05, 0) is 124 Å². The molecule has 20 nitrogen and oxygen atoms in total. The Morgan fingerprint density at radius 2 is 0.833 bits per heavy atom. The number of rotatable bonds is 20. The van der Waals surface area contributed by atoms with Gasteiger partial charge in [-0.25, -0.2) is 0 Å². The predicted molar refractivity (Wildman–Crippen MR) is 448 cm³/mol. The number of Topliss-reactive ketones (excluding diaryl/α,β-unsaturated/α-hetero) is 1. The van der Waals surface area contributed by atoms with Crippen molar-refractivity contribution in [2.75, 3.05) is 49.7 Å². The first-order valence-corrected chi connectivity index (χ1v) is 36.4. The zero-order valence-electron chi connectivity index (χ0n) is 59.0. The van der Waals surface area contributed by atoms with Gasteiger partial charge in [-0.1, -0.05) is 224 Å². The van der Waals surface area contributed by atoms with E-state index in [9.17, 15) is 15.0 Å². The van der Waals surface area contributed by atoms with Crippen LogP contribution >= 0.6 is 60.0 Å². The van der Waals surface area contributed by atoms with Crippen LogP contribution in [0.1, 0.15) is 15.9 Å². The molecule has 0 atom stereocenters. The lowest BCUT2D eigenvalue weighted by molar-refractivity contribution is 0.102. The first-order valence-electron chi connectivity index (χ1n) is 33.3. The maximum absolute atomic E-state index is 11.1. The van der Waals surface area contributed by atoms with Gasteiger partial charge in [-0.15, -0.1) is 0 Å². The van der Waals surface area contributed by atoms with Crippen LogP contribution in [0.25, 0.3) is 56.0 Å². The second-order valence-corrected chi connectivity index (χ2v) is 26.1. The minimum atomic E-state index is -1.53. The third-order valence-electron chi connectivity index (χ3n) is 15.8. The molecule has 14 rings (SSSR count). The Labute approximate surface area is 656 Å². The fraction of sp³-hybridized carbons (Fsp3) is 0.0723. The number of halogens is 3. The number of benzene rings is 11. The maximum atomic E-state index is 11.1. The van der Waals surface area contributed by atoms with Gasteiger partial charge in [0, 0.05) is 91.0 Å². The molecular weight excluding hydrogens is 1580 g/mol. The summed E-state index contributed by atoms with van der Waals surface area (Å²) in [6, 6.07) is 92.4. The number of alkyl halides is 1. The smallest absolute Gasteiger partial charge is 0.492 e. The lowest BCUT2D eigenvalue weighted by atomic mass is 9.79. The molecule has 0 spiro atoms. The van der Waals surface area contributed by atoms with Crippen LogP contribution in [0, 0.1) is 0 Å². The summed E-state index contributed by atoms with van der Waals surface area (Å²) in [5.74, 6) is 10.2. The lowest BCUT2D eigenvalue weighted by Gasteiger charge is -2.11. The molecule has 0 unspecified atom stereocenters. The van der Waals surface area contributed by atoms with Crippen molar-refractivity contribution in [2.45, 2.75) is 6.42 Å². The zero-order chi connectivity index (χ0) is 76.6. The number of carbonyl (C=O) groups excluding carboxylic acids is 1. The van der Waals surface area contributed by atoms with Crippen LogP contribution in [0.2, 0.25) is 0 Å². The fourth-order valence-electron chi connectivity index (χ4n) is 10.3. The fourth-order valence-corrected chi connectivity index (χ4v) is 11.3. The molecule has 0 fully saturated rings. The Kier molecular flexibility index (Phi) is 31.1. The number of nitrogens with one attached hydrogen (secondary N) is 7. The summed E-state index contributed by atoms with van der Waals surface area (Å²) in [5, 5.41) is 69.5. The number of anilines is 6. The Bertz CT molecular complexity index is 5070. The summed E-state index contributed by atoms with van der Waals surface area (Å²) in [4.78, 5) is 11.7. The molecule has 11 aromatic carbocycles. The molecule has 0 saturated heterocycles. The van der Waals surface area contributed by atoms with Gasteiger partial charge in [-0.3, -0.25) is 25.9 Å². The first kappa shape index (κ1) is 80.3. The van der Waals surface area contributed by atoms with Crippen LogP contribution in [0.3, 0.4) is 0 Å². The molecule has 108 heavy (non-hydrogen) atoms. The SMILES string of the molecule is Brc1ccc(-c2cc(Nc3ccccc3)n[nH]2)cc1.COc1ccc(-c2ccc(-c3cc(Nc4ccccc4)n[nH]3)cc2)c(OC)c1.COc1ccc(B(O)O)c(OC)c1.NNC(=S)Cc1ccccc1.O=C(CBr)c1ccc(Br)cc1.Oc1ccc(-c2ccc(-c3cc(Nc4ccccc4)n[nH]3)cc2)c(O)c1. The van der Waals surface area contributed by atoms with Crippen molar-refractivity contribution in [1.82, 2.24) is 36.0 Å². The molecule has 0 radical (unpaired) electrons. The number of hydrogen-bond donors (Lipinski definition) is 12. The van der Waals surface area contributed by atoms with Crippen molar-refractivity contribution < 1.29 is 44.0 Å². The molecule has 0 saturated carbocycles. The number of H-pyrrole nitrogens is 3. The van der Waals surface area contributed by atoms with Crippen LogP contribution in [0.5, 0.6) is 34.5 Å². The van der Waals surface area contributed by atoms with Gasteiger partial charge in [0.05, 0.1) is 55.8 Å². The van der Waals surface area contributed by atoms with Gasteiger partial charge in [0.15, 0.2) is 23.2 Å². The molecule has 13 N–H and O–H groups in total. The molecule has 0 aliphatic heterocycles. The second kappa shape index (κ2) is 41.8. The third-order valence-corrected chi connectivity index (χ3v) is 17.6. The minimum absolute atomic E-state index is 0.0405. The number of para-hydroxylation sites is 3. The molecule has 25 heteroatoms. The largest absolute Gasteiger partial charge is 0.508 e. The zero-order valence-corrected chi connectivity index (χ0v) is 64.6. The van der Waals surface area contributed by atoms with Crippen LogP contribution in [0.15, 0.2) is 300 Å². The normalized spacial score (nSPS) is 10.2. The maximum Gasteiger partial charge on any atom is 0.492 e. The van der Waals surface area contributed by atoms with Crippen molar-refractivity contribution in [3.63, 3.8) is 0 Å². The molecule has 0 aliphatic carbocycles. The van der Waals surface area contributed by atoms with Crippen LogP contribution in [-0.2, 0) is 6.42 Å². The Hall–Kier alpha value is -11.8. The predicted octanol–water partition coefficient (Wildman–Crippen LogP) is 18.4. The Balaban J connectivity index is 0.000000156. The molecule has 3 aromatic heterocycles. The van der Waals surface area contributed by atoms with Crippen molar-refractivity contribution in [2.24, 2.45) is 5.84 Å². The van der Waals surface area contributed by atoms with Gasteiger partial charge < -0.3 is 60.6 Å². The van der Waals surface area contributed by atoms with Gasteiger partial charge in [-0.2, -0.15) is 15.3 Å². The van der Waals surface area contributed by atoms with E-state index in [1.165, 1.54) is 25.8 Å². The summed E-state index contributed by atoms with van der Waals surface area (Å²) in [6.07, 6.45) is 0.715. The van der Waals surface area contributed by atoms with E-state index >= 15 is 0 Å². The second-order valence-electron chi connectivity index (χ2n) is 23.2. The number of phenols is 2. The van der Waals surface area contributed by atoms with E-state index in [1.54, 1.807) is 56.7 Å². The summed E-state index contributed by atoms with van der Waals surface area (Å²) in [7, 11) is 4.78. The number of aromatic amines is 3. The number of aromatic nitrogens is 6. The third kappa shape index (κ3) is 24.6. The molecule has 0 aliphatic rings. The van der Waals surface area contributed by atoms with E-state index < -0.39 is 7.12 Å². The number of phenolic OH excluding ortho intramolecular Hbond substituents is 2. The van der Waals surface area contributed by atoms with Crippen molar-refractivity contribution in [1.29, 1.82) is 0 Å². The van der Waals surface area contributed by atoms with E-state index in [-0.39, 0.29) is 17.3 Å². The molecule has 0 amide bonds. The number of methoxy groups -OCH3 is 4. The number of hydrazine groups is 1. The highest BCUT2D eigenvalue weighted by molar-refractivity contribution is 9.10. The number of hydrogen-bond acceptors (Lipinski definition) is 17. The number of thiocarbonyl (C=S) groups is 1. The van der Waals surface area contributed by atoms with Crippen molar-refractivity contribution >= 4 is 118 Å². The van der Waals surface area contributed by atoms with Gasteiger partial charge >= 0.3 is 7.12 Å². The van der Waals surface area contributed by atoms with Gasteiger partial charge in [0.2, 0.25) is 0 Å². The van der Waals surface area contributed by atoms with Gasteiger partial charge in [0.1, 0.15) is 34.5 Å². The quantitative estimate of drug-likeness (QED) is 0.00843. The topological polar surface area (TPSA) is 295 Å². The number of ether oxygens (including phenoxy) is 4. The monoisotopic (exact) mass is 1650 g/mol. The highest BCUT2D eigenvalue weighted by atomic mass is 79.9. The Morgan fingerprint density at radius 3 is 1.23 bits per heavy atom. The lowest BCUT2D eigenvalue weighted by Crippen LogP contribution is -2.31. The van der Waals surface area contributed by atoms with Crippen LogP contribution in [0.4, 0.5) is 34.5 Å². The van der Waals surface area contributed by atoms with E-state index in [0.29, 0.717) is 39.3 Å². The summed E-state index contributed by atoms with van der Waals surface area (Å²) < 4.78 is 22.7. The average Bonchev–Trinajstić information content (AvgIpc) is 1.66. The number of nitrogens with two attached hydrogens (primary N) is 1. The molecule has 14 aromatic rings. The van der Waals surface area contributed by atoms with E-state index in [2.05, 4.69) is 124 Å². The van der Waals surface area contributed by atoms with E-state index in [0.717, 1.165) is 111 Å². The summed E-state index contributed by atoms with van der Waals surface area (Å²) in [5.41, 5.74) is 17.3. The van der Waals surface area contributed by atoms with E-state index in [1.807, 2.05) is 218 Å².